The first-order chi connectivity index (χ1) is 12.4. The Morgan fingerprint density at radius 2 is 1.11 bits per heavy atom. The molecule has 0 saturated heterocycles. The van der Waals surface area contributed by atoms with Gasteiger partial charge in [-0.3, -0.25) is 18.2 Å². The summed E-state index contributed by atoms with van der Waals surface area (Å²) in [4.78, 5) is -2.68. The van der Waals surface area contributed by atoms with Gasteiger partial charge in [0.1, 0.15) is 15.5 Å². The maximum absolute atomic E-state index is 11.5. The summed E-state index contributed by atoms with van der Waals surface area (Å²) in [5, 5.41) is -1.49. The zero-order valence-corrected chi connectivity index (χ0v) is 16.1. The average Bonchev–Trinajstić information content (AvgIpc) is 2.41. The molecule has 0 aliphatic rings. The summed E-state index contributed by atoms with van der Waals surface area (Å²) in [6.45, 7) is 0. The average molecular weight is 480 g/mol. The van der Waals surface area contributed by atoms with E-state index < -0.39 is 73.1 Å². The van der Waals surface area contributed by atoms with Gasteiger partial charge in [-0.05, 0) is 24.3 Å². The molecule has 0 amide bonds. The van der Waals surface area contributed by atoms with Crippen LogP contribution in [-0.2, 0) is 41.0 Å². The Kier molecular flexibility index (Phi) is 5.38. The van der Waals surface area contributed by atoms with Crippen LogP contribution in [0.15, 0.2) is 34.1 Å². The fourth-order valence-corrected chi connectivity index (χ4v) is 4.33. The smallest absolute Gasteiger partial charge is 0.362 e. The van der Waals surface area contributed by atoms with Crippen molar-refractivity contribution in [3.8, 4) is 11.5 Å². The van der Waals surface area contributed by atoms with E-state index in [2.05, 4.69) is 8.37 Å². The van der Waals surface area contributed by atoms with Gasteiger partial charge in [0, 0.05) is 10.8 Å². The van der Waals surface area contributed by atoms with Gasteiger partial charge in [0.05, 0.1) is 0 Å². The molecule has 0 fully saturated rings. The Bertz CT molecular complexity index is 1380. The second-order valence-electron chi connectivity index (χ2n) is 4.88. The SMILES string of the molecule is O=S(=O)(O)Oc1ccc2c(S(=O)(=O)O)cc(S(=O)(=O)O)c(OS(=O)(=O)O)c2c1. The highest BCUT2D eigenvalue weighted by molar-refractivity contribution is 7.87. The van der Waals surface area contributed by atoms with Crippen molar-refractivity contribution in [3.05, 3.63) is 24.3 Å². The molecule has 0 heterocycles. The van der Waals surface area contributed by atoms with E-state index in [0.29, 0.717) is 6.07 Å². The standard InChI is InChI=1S/C10H8O14S4/c11-25(12,13)8-4-9(26(14,15)16)10(24-28(20,21)22)7-3-5(1-2-6(7)8)23-27(17,18)19/h1-4H,(H,11,12,13)(H,14,15,16)(H,17,18,19)(H,20,21,22). The summed E-state index contributed by atoms with van der Waals surface area (Å²) in [5.74, 6) is -2.14. The first-order valence-corrected chi connectivity index (χ1v) is 11.9. The number of hydrogen-bond donors (Lipinski definition) is 4. The Labute approximate surface area is 157 Å². The maximum Gasteiger partial charge on any atom is 0.446 e. The first-order valence-electron chi connectivity index (χ1n) is 6.28. The third kappa shape index (κ3) is 5.26. The van der Waals surface area contributed by atoms with Crippen molar-refractivity contribution in [1.82, 2.24) is 0 Å². The van der Waals surface area contributed by atoms with Crippen LogP contribution in [0.25, 0.3) is 10.8 Å². The zero-order chi connectivity index (χ0) is 21.7. The van der Waals surface area contributed by atoms with Crippen LogP contribution in [0, 0.1) is 0 Å². The Morgan fingerprint density at radius 3 is 1.54 bits per heavy atom. The van der Waals surface area contributed by atoms with Gasteiger partial charge in [0.25, 0.3) is 20.2 Å². The molecule has 0 spiro atoms. The lowest BCUT2D eigenvalue weighted by molar-refractivity contribution is 0.380. The topological polar surface area (TPSA) is 236 Å². The third-order valence-corrected chi connectivity index (χ3v) is 5.47. The molecule has 0 saturated carbocycles. The summed E-state index contributed by atoms with van der Waals surface area (Å²) in [7, 11) is -21.1. The molecule has 0 bridgehead atoms. The molecule has 18 heteroatoms. The van der Waals surface area contributed by atoms with E-state index in [0.717, 1.165) is 12.1 Å². The van der Waals surface area contributed by atoms with Gasteiger partial charge in [-0.15, -0.1) is 0 Å². The highest BCUT2D eigenvalue weighted by Gasteiger charge is 2.29. The zero-order valence-electron chi connectivity index (χ0n) is 12.8. The summed E-state index contributed by atoms with van der Waals surface area (Å²) < 4.78 is 134. The molecule has 2 rings (SSSR count). The maximum atomic E-state index is 11.5. The van der Waals surface area contributed by atoms with Crippen molar-refractivity contribution >= 4 is 51.8 Å². The van der Waals surface area contributed by atoms with Gasteiger partial charge >= 0.3 is 20.8 Å². The van der Waals surface area contributed by atoms with E-state index in [9.17, 15) is 42.8 Å². The van der Waals surface area contributed by atoms with Crippen molar-refractivity contribution in [2.45, 2.75) is 9.79 Å². The Morgan fingerprint density at radius 1 is 0.607 bits per heavy atom. The van der Waals surface area contributed by atoms with E-state index in [4.69, 9.17) is 9.11 Å². The van der Waals surface area contributed by atoms with Crippen molar-refractivity contribution < 1.29 is 60.2 Å². The van der Waals surface area contributed by atoms with E-state index in [-0.39, 0.29) is 6.07 Å². The summed E-state index contributed by atoms with van der Waals surface area (Å²) in [6, 6.07) is 2.10. The summed E-state index contributed by atoms with van der Waals surface area (Å²) >= 11 is 0. The number of rotatable bonds is 6. The Hall–Kier alpha value is -2.06. The van der Waals surface area contributed by atoms with Crippen molar-refractivity contribution in [3.63, 3.8) is 0 Å². The van der Waals surface area contributed by atoms with Gasteiger partial charge < -0.3 is 8.37 Å². The molecule has 0 aliphatic heterocycles. The number of hydrogen-bond acceptors (Lipinski definition) is 10. The number of fused-ring (bicyclic) bond motifs is 1. The molecule has 156 valence electrons. The third-order valence-electron chi connectivity index (χ3n) is 2.93. The predicted molar refractivity (Wildman–Crippen MR) is 87.9 cm³/mol. The van der Waals surface area contributed by atoms with Crippen LogP contribution in [0.4, 0.5) is 0 Å². The highest BCUT2D eigenvalue weighted by Crippen LogP contribution is 2.39. The van der Waals surface area contributed by atoms with Crippen LogP contribution in [0.2, 0.25) is 0 Å². The van der Waals surface area contributed by atoms with Crippen molar-refractivity contribution in [2.75, 3.05) is 0 Å². The molecular formula is C10H8O14S4. The van der Waals surface area contributed by atoms with Crippen molar-refractivity contribution in [2.24, 2.45) is 0 Å². The van der Waals surface area contributed by atoms with Crippen LogP contribution in [0.5, 0.6) is 11.5 Å². The fraction of sp³-hybridized carbons (Fsp3) is 0. The van der Waals surface area contributed by atoms with E-state index in [1.165, 1.54) is 0 Å². The van der Waals surface area contributed by atoms with Crippen LogP contribution in [-0.4, -0.2) is 51.9 Å². The molecule has 28 heavy (non-hydrogen) atoms. The molecule has 0 unspecified atom stereocenters. The summed E-state index contributed by atoms with van der Waals surface area (Å²) in [6.07, 6.45) is 0. The van der Waals surface area contributed by atoms with Crippen LogP contribution < -0.4 is 8.37 Å². The van der Waals surface area contributed by atoms with Crippen LogP contribution in [0.3, 0.4) is 0 Å². The monoisotopic (exact) mass is 480 g/mol. The second-order valence-corrected chi connectivity index (χ2v) is 9.71. The molecule has 0 aromatic heterocycles. The van der Waals surface area contributed by atoms with Crippen molar-refractivity contribution in [1.29, 1.82) is 0 Å². The molecule has 2 aromatic rings. The molecular weight excluding hydrogens is 472 g/mol. The quantitative estimate of drug-likeness (QED) is 0.388. The van der Waals surface area contributed by atoms with Gasteiger partial charge in [-0.1, -0.05) is 0 Å². The molecule has 0 atom stereocenters. The minimum atomic E-state index is -5.44. The molecule has 14 nitrogen and oxygen atoms in total. The van der Waals surface area contributed by atoms with E-state index in [1.807, 2.05) is 0 Å². The Balaban J connectivity index is 3.11. The lowest BCUT2D eigenvalue weighted by Gasteiger charge is -2.14. The number of benzene rings is 2. The van der Waals surface area contributed by atoms with Crippen LogP contribution >= 0.6 is 0 Å². The molecule has 0 aliphatic carbocycles. The minimum Gasteiger partial charge on any atom is -0.362 e. The second kappa shape index (κ2) is 6.77. The minimum absolute atomic E-state index is 0.136. The molecule has 2 aromatic carbocycles. The van der Waals surface area contributed by atoms with Gasteiger partial charge in [-0.2, -0.15) is 33.7 Å². The fourth-order valence-electron chi connectivity index (χ4n) is 2.09. The predicted octanol–water partition coefficient (Wildman–Crippen LogP) is -0.304. The van der Waals surface area contributed by atoms with E-state index >= 15 is 0 Å². The first kappa shape index (κ1) is 22.2. The van der Waals surface area contributed by atoms with Gasteiger partial charge in [0.15, 0.2) is 5.75 Å². The van der Waals surface area contributed by atoms with Gasteiger partial charge in [-0.25, -0.2) is 0 Å². The lowest BCUT2D eigenvalue weighted by Crippen LogP contribution is -2.13. The largest absolute Gasteiger partial charge is 0.446 e. The van der Waals surface area contributed by atoms with Gasteiger partial charge in [0.2, 0.25) is 0 Å². The highest BCUT2D eigenvalue weighted by atomic mass is 32.3. The normalized spacial score (nSPS) is 13.4. The lowest BCUT2D eigenvalue weighted by atomic mass is 10.1. The van der Waals surface area contributed by atoms with E-state index in [1.54, 1.807) is 0 Å². The molecule has 0 radical (unpaired) electrons. The van der Waals surface area contributed by atoms with Crippen LogP contribution in [0.1, 0.15) is 0 Å². The molecule has 4 N–H and O–H groups in total. The summed E-state index contributed by atoms with van der Waals surface area (Å²) in [5.41, 5.74) is 0.